The molecule has 0 atom stereocenters. The third-order valence-corrected chi connectivity index (χ3v) is 8.14. The van der Waals surface area contributed by atoms with Gasteiger partial charge < -0.3 is 13.6 Å². The van der Waals surface area contributed by atoms with Crippen molar-refractivity contribution in [3.63, 3.8) is 0 Å². The summed E-state index contributed by atoms with van der Waals surface area (Å²) in [6, 6.07) is 10.9. The van der Waals surface area contributed by atoms with Crippen molar-refractivity contribution in [2.24, 2.45) is 0 Å². The molecule has 108 valence electrons. The minimum atomic E-state index is -2.40. The van der Waals surface area contributed by atoms with Crippen LogP contribution in [0.25, 0.3) is 11.3 Å². The van der Waals surface area contributed by atoms with Gasteiger partial charge in [-0.3, -0.25) is 4.79 Å². The quantitative estimate of drug-likeness (QED) is 0.757. The molecule has 0 N–H and O–H groups in total. The fraction of sp³-hybridized carbons (Fsp3) is 0.250. The van der Waals surface area contributed by atoms with Crippen molar-refractivity contribution in [1.29, 1.82) is 0 Å². The summed E-state index contributed by atoms with van der Waals surface area (Å²) in [5, 5.41) is 0. The Balaban J connectivity index is 2.17. The zero-order chi connectivity index (χ0) is 14.6. The van der Waals surface area contributed by atoms with E-state index in [1.165, 1.54) is 36.4 Å². The van der Waals surface area contributed by atoms with E-state index in [-0.39, 0.29) is 11.4 Å². The van der Waals surface area contributed by atoms with Crippen LogP contribution >= 0.6 is 17.1 Å². The number of nitrogens with zero attached hydrogens (tertiary/aromatic N) is 1. The molecule has 2 rings (SSSR count). The third-order valence-electron chi connectivity index (χ3n) is 2.55. The second-order valence-corrected chi connectivity index (χ2v) is 10.2. The van der Waals surface area contributed by atoms with Crippen LogP contribution in [0.2, 0.25) is 0 Å². The van der Waals surface area contributed by atoms with Crippen LogP contribution in [0.3, 0.4) is 0 Å². The van der Waals surface area contributed by atoms with Crippen molar-refractivity contribution in [2.45, 2.75) is 5.88 Å². The van der Waals surface area contributed by atoms with Crippen molar-refractivity contribution in [3.05, 3.63) is 46.8 Å². The molecule has 0 saturated carbocycles. The first-order chi connectivity index (χ1) is 9.58. The molecule has 0 amide bonds. The van der Waals surface area contributed by atoms with E-state index < -0.39 is 5.69 Å². The van der Waals surface area contributed by atoms with Crippen LogP contribution in [0.4, 0.5) is 0 Å². The molecule has 0 unspecified atom stereocenters. The molecule has 0 fully saturated rings. The third kappa shape index (κ3) is 3.62. The van der Waals surface area contributed by atoms with Gasteiger partial charge in [0.1, 0.15) is 5.88 Å². The number of hydrogen-bond acceptors (Lipinski definition) is 6. The van der Waals surface area contributed by atoms with E-state index in [9.17, 15) is 4.79 Å². The minimum absolute atomic E-state index is 0.217. The number of rotatable bonds is 6. The smallest absolute Gasteiger partial charge is 0.283 e. The zero-order valence-electron chi connectivity index (χ0n) is 11.0. The van der Waals surface area contributed by atoms with Crippen molar-refractivity contribution in [2.75, 3.05) is 14.2 Å². The SMILES string of the molecule is COP(=S)(OC)SCn1oc(-c2ccccc2)cc1=O. The van der Waals surface area contributed by atoms with Crippen molar-refractivity contribution in [1.82, 2.24) is 4.74 Å². The molecule has 1 heterocycles. The Morgan fingerprint density at radius 3 is 2.55 bits per heavy atom. The maximum absolute atomic E-state index is 11.9. The number of hydrogen-bond donors (Lipinski definition) is 0. The molecule has 0 radical (unpaired) electrons. The number of benzene rings is 1. The highest BCUT2D eigenvalue weighted by Crippen LogP contribution is 2.60. The van der Waals surface area contributed by atoms with Gasteiger partial charge in [0, 0.05) is 19.8 Å². The standard InChI is InChI=1S/C12H14NO4PS2/c1-15-18(19,16-2)20-9-13-12(14)8-11(17-13)10-6-4-3-5-7-10/h3-8H,9H2,1-2H3. The van der Waals surface area contributed by atoms with Gasteiger partial charge in [0.05, 0.1) is 6.07 Å². The predicted octanol–water partition coefficient (Wildman–Crippen LogP) is 3.32. The molecule has 1 aromatic carbocycles. The van der Waals surface area contributed by atoms with Gasteiger partial charge in [0.2, 0.25) is 5.69 Å². The summed E-state index contributed by atoms with van der Waals surface area (Å²) in [6.45, 7) is 0. The lowest BCUT2D eigenvalue weighted by atomic mass is 10.2. The first-order valence-corrected chi connectivity index (χ1v) is 9.93. The normalized spacial score (nSPS) is 11.7. The Labute approximate surface area is 125 Å². The Hall–Kier alpha value is -0.850. The molecule has 1 aromatic heterocycles. The summed E-state index contributed by atoms with van der Waals surface area (Å²) in [5.74, 6) is 0.782. The molecular weight excluding hydrogens is 317 g/mol. The summed E-state index contributed by atoms with van der Waals surface area (Å²) in [6.07, 6.45) is 0. The first kappa shape index (κ1) is 15.5. The summed E-state index contributed by atoms with van der Waals surface area (Å²) >= 11 is 6.47. The lowest BCUT2D eigenvalue weighted by Gasteiger charge is -2.15. The Bertz CT molecular complexity index is 660. The van der Waals surface area contributed by atoms with Crippen LogP contribution in [0.15, 0.2) is 45.7 Å². The molecule has 5 nitrogen and oxygen atoms in total. The lowest BCUT2D eigenvalue weighted by molar-refractivity contribution is 0.302. The Morgan fingerprint density at radius 1 is 1.30 bits per heavy atom. The summed E-state index contributed by atoms with van der Waals surface area (Å²) in [4.78, 5) is 11.9. The highest BCUT2D eigenvalue weighted by atomic mass is 32.9. The van der Waals surface area contributed by atoms with Crippen LogP contribution in [0.5, 0.6) is 0 Å². The Morgan fingerprint density at radius 2 is 1.95 bits per heavy atom. The van der Waals surface area contributed by atoms with E-state index in [1.807, 2.05) is 30.3 Å². The molecule has 20 heavy (non-hydrogen) atoms. The molecular formula is C12H14NO4PS2. The van der Waals surface area contributed by atoms with Gasteiger partial charge in [-0.05, 0) is 23.2 Å². The molecule has 0 saturated heterocycles. The maximum Gasteiger partial charge on any atom is 0.283 e. The lowest BCUT2D eigenvalue weighted by Crippen LogP contribution is -2.11. The maximum atomic E-state index is 11.9. The molecule has 0 bridgehead atoms. The summed E-state index contributed by atoms with van der Waals surface area (Å²) < 4.78 is 17.1. The fourth-order valence-corrected chi connectivity index (χ4v) is 4.09. The molecule has 0 aliphatic rings. The minimum Gasteiger partial charge on any atom is -0.375 e. The molecule has 8 heteroatoms. The van der Waals surface area contributed by atoms with Gasteiger partial charge in [-0.1, -0.05) is 30.3 Å². The second-order valence-electron chi connectivity index (χ2n) is 3.75. The van der Waals surface area contributed by atoms with Crippen molar-refractivity contribution < 1.29 is 13.6 Å². The van der Waals surface area contributed by atoms with E-state index in [4.69, 9.17) is 25.4 Å². The van der Waals surface area contributed by atoms with E-state index in [2.05, 4.69) is 0 Å². The molecule has 0 aliphatic carbocycles. The molecule has 0 spiro atoms. The van der Waals surface area contributed by atoms with Gasteiger partial charge in [-0.15, -0.1) is 0 Å². The van der Waals surface area contributed by atoms with Crippen molar-refractivity contribution >= 4 is 28.9 Å². The largest absolute Gasteiger partial charge is 0.375 e. The van der Waals surface area contributed by atoms with E-state index in [1.54, 1.807) is 0 Å². The highest BCUT2D eigenvalue weighted by molar-refractivity contribution is 8.67. The second kappa shape index (κ2) is 6.74. The predicted molar refractivity (Wildman–Crippen MR) is 84.3 cm³/mol. The Kier molecular flexibility index (Phi) is 5.23. The molecule has 2 aromatic rings. The van der Waals surface area contributed by atoms with E-state index in [0.29, 0.717) is 5.76 Å². The van der Waals surface area contributed by atoms with Gasteiger partial charge in [0.25, 0.3) is 5.56 Å². The van der Waals surface area contributed by atoms with Crippen LogP contribution < -0.4 is 5.56 Å². The monoisotopic (exact) mass is 331 g/mol. The average molecular weight is 331 g/mol. The molecule has 0 aliphatic heterocycles. The van der Waals surface area contributed by atoms with Gasteiger partial charge in [-0.2, -0.15) is 4.74 Å². The van der Waals surface area contributed by atoms with Crippen LogP contribution in [-0.4, -0.2) is 19.0 Å². The van der Waals surface area contributed by atoms with Crippen LogP contribution in [-0.2, 0) is 26.7 Å². The highest BCUT2D eigenvalue weighted by Gasteiger charge is 2.18. The topological polar surface area (TPSA) is 53.6 Å². The van der Waals surface area contributed by atoms with Gasteiger partial charge in [-0.25, -0.2) is 0 Å². The zero-order valence-corrected chi connectivity index (χ0v) is 13.5. The van der Waals surface area contributed by atoms with Crippen LogP contribution in [0, 0.1) is 0 Å². The average Bonchev–Trinajstić information content (AvgIpc) is 2.87. The summed E-state index contributed by atoms with van der Waals surface area (Å²) in [7, 11) is 3.00. The summed E-state index contributed by atoms with van der Waals surface area (Å²) in [5.41, 5.74) is -1.76. The van der Waals surface area contributed by atoms with Crippen molar-refractivity contribution in [3.8, 4) is 11.3 Å². The van der Waals surface area contributed by atoms with E-state index >= 15 is 0 Å². The van der Waals surface area contributed by atoms with Crippen LogP contribution in [0.1, 0.15) is 0 Å². The van der Waals surface area contributed by atoms with Gasteiger partial charge >= 0.3 is 0 Å². The van der Waals surface area contributed by atoms with E-state index in [0.717, 1.165) is 5.56 Å². The number of aromatic nitrogens is 1. The van der Waals surface area contributed by atoms with Gasteiger partial charge in [0.15, 0.2) is 5.76 Å². The fourth-order valence-electron chi connectivity index (χ4n) is 1.51. The first-order valence-electron chi connectivity index (χ1n) is 5.70.